The summed E-state index contributed by atoms with van der Waals surface area (Å²) in [7, 11) is -3.55. The van der Waals surface area contributed by atoms with Gasteiger partial charge in [-0.3, -0.25) is 4.72 Å². The van der Waals surface area contributed by atoms with Crippen LogP contribution in [-0.4, -0.2) is 8.42 Å². The van der Waals surface area contributed by atoms with Crippen molar-refractivity contribution in [1.82, 2.24) is 0 Å². The van der Waals surface area contributed by atoms with Crippen molar-refractivity contribution in [3.05, 3.63) is 64.1 Å². The summed E-state index contributed by atoms with van der Waals surface area (Å²) in [5.74, 6) is -0.197. The first-order chi connectivity index (χ1) is 8.98. The second kappa shape index (κ2) is 5.82. The summed E-state index contributed by atoms with van der Waals surface area (Å²) in [6.07, 6.45) is 0. The minimum atomic E-state index is -3.55. The standard InChI is InChI=1S/C13H11Cl2NO2S/c14-11-6-2-1-5-10(11)9-19(17,18)16-13-8-4-3-7-12(13)15/h1-8,16H,9H2. The largest absolute Gasteiger partial charge is 0.282 e. The lowest BCUT2D eigenvalue weighted by Crippen LogP contribution is -2.15. The molecular formula is C13H11Cl2NO2S. The molecule has 3 nitrogen and oxygen atoms in total. The van der Waals surface area contributed by atoms with Crippen LogP contribution in [-0.2, 0) is 15.8 Å². The molecule has 0 atom stereocenters. The number of rotatable bonds is 4. The Morgan fingerprint density at radius 2 is 1.47 bits per heavy atom. The molecule has 0 unspecified atom stereocenters. The minimum absolute atomic E-state index is 0.197. The number of hydrogen-bond donors (Lipinski definition) is 1. The van der Waals surface area contributed by atoms with Crippen LogP contribution >= 0.6 is 23.2 Å². The van der Waals surface area contributed by atoms with Gasteiger partial charge >= 0.3 is 0 Å². The predicted molar refractivity (Wildman–Crippen MR) is 79.2 cm³/mol. The molecule has 0 aromatic heterocycles. The fourth-order valence-corrected chi connectivity index (χ4v) is 3.33. The Hall–Kier alpha value is -1.23. The van der Waals surface area contributed by atoms with E-state index in [1.54, 1.807) is 48.5 Å². The van der Waals surface area contributed by atoms with Gasteiger partial charge in [-0.2, -0.15) is 0 Å². The number of para-hydroxylation sites is 1. The molecule has 0 spiro atoms. The first-order valence-electron chi connectivity index (χ1n) is 5.46. The van der Waals surface area contributed by atoms with Crippen molar-refractivity contribution in [2.45, 2.75) is 5.75 Å². The van der Waals surface area contributed by atoms with Gasteiger partial charge in [-0.25, -0.2) is 8.42 Å². The SMILES string of the molecule is O=S(=O)(Cc1ccccc1Cl)Nc1ccccc1Cl. The van der Waals surface area contributed by atoms with E-state index in [0.717, 1.165) is 0 Å². The summed E-state index contributed by atoms with van der Waals surface area (Å²) in [4.78, 5) is 0. The Kier molecular flexibility index (Phi) is 4.34. The van der Waals surface area contributed by atoms with Gasteiger partial charge in [0.05, 0.1) is 16.5 Å². The minimum Gasteiger partial charge on any atom is -0.282 e. The summed E-state index contributed by atoms with van der Waals surface area (Å²) in [5.41, 5.74) is 0.903. The van der Waals surface area contributed by atoms with Crippen LogP contribution in [0, 0.1) is 0 Å². The molecule has 19 heavy (non-hydrogen) atoms. The van der Waals surface area contributed by atoms with Crippen molar-refractivity contribution in [3.63, 3.8) is 0 Å². The number of sulfonamides is 1. The topological polar surface area (TPSA) is 46.2 Å². The highest BCUT2D eigenvalue weighted by molar-refractivity contribution is 7.91. The number of anilines is 1. The zero-order valence-electron chi connectivity index (χ0n) is 9.81. The quantitative estimate of drug-likeness (QED) is 0.929. The predicted octanol–water partition coefficient (Wildman–Crippen LogP) is 3.94. The molecule has 2 aromatic rings. The Morgan fingerprint density at radius 1 is 0.895 bits per heavy atom. The van der Waals surface area contributed by atoms with Gasteiger partial charge in [0, 0.05) is 5.02 Å². The monoisotopic (exact) mass is 315 g/mol. The van der Waals surface area contributed by atoms with Gasteiger partial charge in [0.1, 0.15) is 0 Å². The maximum Gasteiger partial charge on any atom is 0.237 e. The van der Waals surface area contributed by atoms with E-state index >= 15 is 0 Å². The van der Waals surface area contributed by atoms with E-state index < -0.39 is 10.0 Å². The van der Waals surface area contributed by atoms with Crippen LogP contribution in [0.15, 0.2) is 48.5 Å². The average molecular weight is 316 g/mol. The second-order valence-electron chi connectivity index (χ2n) is 3.93. The maximum atomic E-state index is 12.0. The molecule has 100 valence electrons. The molecule has 0 radical (unpaired) electrons. The van der Waals surface area contributed by atoms with Gasteiger partial charge in [0.25, 0.3) is 0 Å². The fourth-order valence-electron chi connectivity index (χ4n) is 1.57. The molecule has 0 heterocycles. The van der Waals surface area contributed by atoms with Gasteiger partial charge < -0.3 is 0 Å². The first kappa shape index (κ1) is 14.2. The van der Waals surface area contributed by atoms with Crippen molar-refractivity contribution >= 4 is 38.9 Å². The zero-order valence-corrected chi connectivity index (χ0v) is 12.1. The molecule has 0 bridgehead atoms. The highest BCUT2D eigenvalue weighted by Gasteiger charge is 2.14. The molecule has 0 saturated heterocycles. The van der Waals surface area contributed by atoms with E-state index in [1.807, 2.05) is 0 Å². The molecular weight excluding hydrogens is 305 g/mol. The molecule has 0 aliphatic carbocycles. The van der Waals surface area contributed by atoms with E-state index in [4.69, 9.17) is 23.2 Å². The van der Waals surface area contributed by atoms with E-state index in [9.17, 15) is 8.42 Å². The smallest absolute Gasteiger partial charge is 0.237 e. The highest BCUT2D eigenvalue weighted by Crippen LogP contribution is 2.24. The summed E-state index contributed by atoms with van der Waals surface area (Å²) in [5, 5.41) is 0.775. The molecule has 0 saturated carbocycles. The van der Waals surface area contributed by atoms with Gasteiger partial charge in [-0.05, 0) is 23.8 Å². The second-order valence-corrected chi connectivity index (χ2v) is 6.47. The van der Waals surface area contributed by atoms with Crippen LogP contribution in [0.25, 0.3) is 0 Å². The maximum absolute atomic E-state index is 12.0. The van der Waals surface area contributed by atoms with Crippen molar-refractivity contribution in [3.8, 4) is 0 Å². The Labute approximate surface area is 122 Å². The Balaban J connectivity index is 2.21. The van der Waals surface area contributed by atoms with Crippen LogP contribution in [0.2, 0.25) is 10.0 Å². The van der Waals surface area contributed by atoms with Gasteiger partial charge in [0.15, 0.2) is 0 Å². The zero-order chi connectivity index (χ0) is 13.9. The average Bonchev–Trinajstić information content (AvgIpc) is 2.35. The van der Waals surface area contributed by atoms with E-state index in [2.05, 4.69) is 4.72 Å². The lowest BCUT2D eigenvalue weighted by atomic mass is 10.2. The lowest BCUT2D eigenvalue weighted by molar-refractivity contribution is 0.600. The summed E-state index contributed by atoms with van der Waals surface area (Å²) in [6, 6.07) is 13.5. The third-order valence-corrected chi connectivity index (χ3v) is 4.36. The molecule has 0 aliphatic rings. The lowest BCUT2D eigenvalue weighted by Gasteiger charge is -2.10. The van der Waals surface area contributed by atoms with Crippen molar-refractivity contribution in [2.75, 3.05) is 4.72 Å². The fraction of sp³-hybridized carbons (Fsp3) is 0.0769. The van der Waals surface area contributed by atoms with Crippen molar-refractivity contribution in [2.24, 2.45) is 0 Å². The van der Waals surface area contributed by atoms with Gasteiger partial charge in [-0.1, -0.05) is 53.5 Å². The van der Waals surface area contributed by atoms with Crippen LogP contribution in [0.1, 0.15) is 5.56 Å². The van der Waals surface area contributed by atoms with Crippen LogP contribution in [0.3, 0.4) is 0 Å². The molecule has 6 heteroatoms. The molecule has 0 amide bonds. The summed E-state index contributed by atoms with van der Waals surface area (Å²) >= 11 is 11.9. The first-order valence-corrected chi connectivity index (χ1v) is 7.87. The summed E-state index contributed by atoms with van der Waals surface area (Å²) in [6.45, 7) is 0. The van der Waals surface area contributed by atoms with Gasteiger partial charge in [0.2, 0.25) is 10.0 Å². The van der Waals surface area contributed by atoms with Crippen LogP contribution in [0.5, 0.6) is 0 Å². The van der Waals surface area contributed by atoms with Gasteiger partial charge in [-0.15, -0.1) is 0 Å². The molecule has 2 rings (SSSR count). The number of nitrogens with one attached hydrogen (secondary N) is 1. The van der Waals surface area contributed by atoms with Crippen LogP contribution < -0.4 is 4.72 Å². The highest BCUT2D eigenvalue weighted by atomic mass is 35.5. The number of halogens is 2. The van der Waals surface area contributed by atoms with E-state index in [-0.39, 0.29) is 5.75 Å². The Bertz CT molecular complexity index is 633. The molecule has 0 aliphatic heterocycles. The third-order valence-electron chi connectivity index (χ3n) is 2.44. The normalized spacial score (nSPS) is 11.3. The third kappa shape index (κ3) is 3.86. The number of benzene rings is 2. The van der Waals surface area contributed by atoms with Crippen molar-refractivity contribution in [1.29, 1.82) is 0 Å². The number of hydrogen-bond acceptors (Lipinski definition) is 2. The Morgan fingerprint density at radius 3 is 2.11 bits per heavy atom. The van der Waals surface area contributed by atoms with Crippen molar-refractivity contribution < 1.29 is 8.42 Å². The molecule has 0 fully saturated rings. The van der Waals surface area contributed by atoms with E-state index in [1.165, 1.54) is 0 Å². The molecule has 2 aromatic carbocycles. The van der Waals surface area contributed by atoms with E-state index in [0.29, 0.717) is 21.3 Å². The molecule has 1 N–H and O–H groups in total. The van der Waals surface area contributed by atoms with Crippen LogP contribution in [0.4, 0.5) is 5.69 Å². The summed E-state index contributed by atoms with van der Waals surface area (Å²) < 4.78 is 26.5.